The Bertz CT molecular complexity index is 617. The molecule has 2 saturated carbocycles. The van der Waals surface area contributed by atoms with Crippen molar-refractivity contribution >= 4 is 0 Å². The summed E-state index contributed by atoms with van der Waals surface area (Å²) in [6.45, 7) is 3.95. The molecule has 0 bridgehead atoms. The summed E-state index contributed by atoms with van der Waals surface area (Å²) in [5.74, 6) is 1.40. The molecule has 2 aliphatic carbocycles. The maximum absolute atomic E-state index is 7.15. The van der Waals surface area contributed by atoms with Gasteiger partial charge in [0.2, 0.25) is 0 Å². The van der Waals surface area contributed by atoms with Crippen molar-refractivity contribution in [3.8, 4) is 0 Å². The molecule has 5 heteroatoms. The van der Waals surface area contributed by atoms with Gasteiger partial charge in [0.15, 0.2) is 5.79 Å². The summed E-state index contributed by atoms with van der Waals surface area (Å²) >= 11 is 0. The van der Waals surface area contributed by atoms with Gasteiger partial charge in [-0.15, -0.1) is 0 Å². The van der Waals surface area contributed by atoms with Crippen molar-refractivity contribution < 1.29 is 14.2 Å². The normalized spacial score (nSPS) is 52.0. The maximum atomic E-state index is 7.15. The fraction of sp³-hybridized carbons (Fsp3) is 1.00. The molecule has 6 fully saturated rings. The molecular formula is C25H42N2O3. The topological polar surface area (TPSA) is 51.8 Å². The van der Waals surface area contributed by atoms with Gasteiger partial charge >= 0.3 is 0 Å². The zero-order valence-electron chi connectivity index (χ0n) is 18.7. The highest BCUT2D eigenvalue weighted by Gasteiger charge is 2.63. The van der Waals surface area contributed by atoms with Crippen LogP contribution < -0.4 is 10.6 Å². The molecule has 0 radical (unpaired) electrons. The zero-order chi connectivity index (χ0) is 20.0. The number of piperidine rings is 1. The molecule has 170 valence electrons. The average Bonchev–Trinajstić information content (AvgIpc) is 3.15. The van der Waals surface area contributed by atoms with E-state index in [1.807, 2.05) is 0 Å². The van der Waals surface area contributed by atoms with Crippen LogP contribution in [0.5, 0.6) is 0 Å². The minimum Gasteiger partial charge on any atom is -0.368 e. The Morgan fingerprint density at radius 2 is 1.67 bits per heavy atom. The molecule has 4 saturated heterocycles. The van der Waals surface area contributed by atoms with Crippen LogP contribution >= 0.6 is 0 Å². The summed E-state index contributed by atoms with van der Waals surface area (Å²) in [6, 6.07) is 0. The molecule has 0 spiro atoms. The van der Waals surface area contributed by atoms with Crippen LogP contribution in [0.15, 0.2) is 0 Å². The van der Waals surface area contributed by atoms with Gasteiger partial charge < -0.3 is 24.8 Å². The summed E-state index contributed by atoms with van der Waals surface area (Å²) in [7, 11) is 0. The van der Waals surface area contributed by atoms with Crippen LogP contribution in [0.3, 0.4) is 0 Å². The van der Waals surface area contributed by atoms with Gasteiger partial charge in [-0.3, -0.25) is 0 Å². The summed E-state index contributed by atoms with van der Waals surface area (Å²) in [5, 5.41) is 7.79. The van der Waals surface area contributed by atoms with E-state index < -0.39 is 5.79 Å². The lowest BCUT2D eigenvalue weighted by Gasteiger charge is -2.49. The maximum Gasteiger partial charge on any atom is 0.199 e. The lowest BCUT2D eigenvalue weighted by Crippen LogP contribution is -2.63. The Morgan fingerprint density at radius 3 is 2.67 bits per heavy atom. The first-order valence-electron chi connectivity index (χ1n) is 13.2. The lowest BCUT2D eigenvalue weighted by molar-refractivity contribution is -0.289. The average molecular weight is 419 g/mol. The minimum atomic E-state index is -0.519. The van der Waals surface area contributed by atoms with Gasteiger partial charge in [-0.2, -0.15) is 0 Å². The third-order valence-corrected chi connectivity index (χ3v) is 9.68. The van der Waals surface area contributed by atoms with Crippen LogP contribution in [-0.2, 0) is 14.2 Å². The van der Waals surface area contributed by atoms with Gasteiger partial charge in [-0.05, 0) is 69.7 Å². The molecule has 0 amide bonds. The van der Waals surface area contributed by atoms with Crippen LogP contribution in [0, 0.1) is 17.8 Å². The van der Waals surface area contributed by atoms with Gasteiger partial charge in [0.25, 0.3) is 0 Å². The van der Waals surface area contributed by atoms with Gasteiger partial charge in [-0.25, -0.2) is 0 Å². The van der Waals surface area contributed by atoms with Crippen LogP contribution in [0.25, 0.3) is 0 Å². The quantitative estimate of drug-likeness (QED) is 0.715. The molecule has 0 aromatic carbocycles. The third kappa shape index (κ3) is 3.30. The van der Waals surface area contributed by atoms with E-state index in [1.165, 1.54) is 70.6 Å². The smallest absolute Gasteiger partial charge is 0.199 e. The summed E-state index contributed by atoms with van der Waals surface area (Å²) in [4.78, 5) is 0. The van der Waals surface area contributed by atoms with Crippen LogP contribution in [0.2, 0.25) is 0 Å². The number of nitrogens with one attached hydrogen (secondary N) is 2. The lowest BCUT2D eigenvalue weighted by atomic mass is 9.70. The van der Waals surface area contributed by atoms with E-state index >= 15 is 0 Å². The van der Waals surface area contributed by atoms with Crippen LogP contribution in [-0.4, -0.2) is 55.9 Å². The minimum absolute atomic E-state index is 0.0346. The van der Waals surface area contributed by atoms with Crippen LogP contribution in [0.4, 0.5) is 0 Å². The molecule has 4 heterocycles. The van der Waals surface area contributed by atoms with Gasteiger partial charge in [0.05, 0.1) is 18.8 Å². The van der Waals surface area contributed by atoms with E-state index in [0.717, 1.165) is 45.0 Å². The molecule has 30 heavy (non-hydrogen) atoms. The van der Waals surface area contributed by atoms with Gasteiger partial charge in [-0.1, -0.05) is 32.1 Å². The number of ether oxygens (including phenoxy) is 3. The van der Waals surface area contributed by atoms with E-state index in [-0.39, 0.29) is 17.7 Å². The molecule has 6 rings (SSSR count). The molecule has 8 atom stereocenters. The summed E-state index contributed by atoms with van der Waals surface area (Å²) in [6.07, 6.45) is 17.6. The van der Waals surface area contributed by atoms with E-state index in [4.69, 9.17) is 14.2 Å². The highest BCUT2D eigenvalue weighted by Crippen LogP contribution is 2.54. The standard InChI is InChI=1S/C25H42N2O3/c1-2-8-19-9-6-13-27-24(19,12-5-1)22-15-20-11-14-28-25(20,30-22)23-17-26-16-18-7-3-4-10-21(18)29-23/h18-23,26-27H,1-17H2/t18?,19-,20?,21?,22?,23?,24?,25?/m0/s1. The first-order chi connectivity index (χ1) is 14.8. The van der Waals surface area contributed by atoms with Crippen LogP contribution in [0.1, 0.15) is 83.5 Å². The number of hydrogen-bond donors (Lipinski definition) is 2. The Morgan fingerprint density at radius 1 is 0.767 bits per heavy atom. The van der Waals surface area contributed by atoms with E-state index in [2.05, 4.69) is 10.6 Å². The Kier molecular flexibility index (Phi) is 5.64. The largest absolute Gasteiger partial charge is 0.368 e. The van der Waals surface area contributed by atoms with Gasteiger partial charge in [0.1, 0.15) is 6.10 Å². The highest BCUT2D eigenvalue weighted by molar-refractivity contribution is 5.11. The fourth-order valence-electron chi connectivity index (χ4n) is 8.14. The Labute approximate surface area is 182 Å². The Hall–Kier alpha value is -0.200. The van der Waals surface area contributed by atoms with Crippen molar-refractivity contribution in [2.24, 2.45) is 17.8 Å². The molecule has 5 nitrogen and oxygen atoms in total. The van der Waals surface area contributed by atoms with Crippen molar-refractivity contribution in [1.29, 1.82) is 0 Å². The van der Waals surface area contributed by atoms with E-state index in [1.54, 1.807) is 0 Å². The summed E-state index contributed by atoms with van der Waals surface area (Å²) < 4.78 is 20.6. The third-order valence-electron chi connectivity index (χ3n) is 9.68. The molecule has 0 aromatic heterocycles. The SMILES string of the molecule is C1CC[C@H]2CCCNC2(C2CC3CCOC3(C3CNCC4CCCCC4O3)O2)CC1. The second kappa shape index (κ2) is 8.30. The second-order valence-electron chi connectivity index (χ2n) is 11.2. The molecule has 7 unspecified atom stereocenters. The number of hydrogen-bond acceptors (Lipinski definition) is 5. The van der Waals surface area contributed by atoms with Crippen molar-refractivity contribution in [1.82, 2.24) is 10.6 Å². The second-order valence-corrected chi connectivity index (χ2v) is 11.2. The van der Waals surface area contributed by atoms with E-state index in [0.29, 0.717) is 17.9 Å². The van der Waals surface area contributed by atoms with Crippen molar-refractivity contribution in [3.05, 3.63) is 0 Å². The number of fused-ring (bicyclic) bond motifs is 3. The predicted molar refractivity (Wildman–Crippen MR) is 116 cm³/mol. The first kappa shape index (κ1) is 20.4. The molecule has 4 aliphatic heterocycles. The number of rotatable bonds is 2. The monoisotopic (exact) mass is 418 g/mol. The molecule has 2 N–H and O–H groups in total. The molecule has 0 aromatic rings. The molecule has 6 aliphatic rings. The van der Waals surface area contributed by atoms with Crippen molar-refractivity contribution in [2.75, 3.05) is 26.2 Å². The molecular weight excluding hydrogens is 376 g/mol. The highest BCUT2D eigenvalue weighted by atomic mass is 16.7. The van der Waals surface area contributed by atoms with Gasteiger partial charge in [0, 0.05) is 24.5 Å². The van der Waals surface area contributed by atoms with Crippen molar-refractivity contribution in [2.45, 2.75) is 113 Å². The predicted octanol–water partition coefficient (Wildman–Crippen LogP) is 3.76. The first-order valence-corrected chi connectivity index (χ1v) is 13.2. The Balaban J connectivity index is 1.26. The summed E-state index contributed by atoms with van der Waals surface area (Å²) in [5.41, 5.74) is 0.168. The van der Waals surface area contributed by atoms with Crippen molar-refractivity contribution in [3.63, 3.8) is 0 Å². The fourth-order valence-corrected chi connectivity index (χ4v) is 8.14. The zero-order valence-corrected chi connectivity index (χ0v) is 18.7. The van der Waals surface area contributed by atoms with E-state index in [9.17, 15) is 0 Å².